The van der Waals surface area contributed by atoms with E-state index in [4.69, 9.17) is 34.5 Å². The number of halogens is 5. The van der Waals surface area contributed by atoms with E-state index in [1.54, 1.807) is 12.1 Å². The van der Waals surface area contributed by atoms with Crippen molar-refractivity contribution in [2.45, 2.75) is 6.18 Å². The Bertz CT molecular complexity index is 1130. The second-order valence-electron chi connectivity index (χ2n) is 6.43. The van der Waals surface area contributed by atoms with Crippen molar-refractivity contribution in [2.24, 2.45) is 0 Å². The number of nitrogens with zero attached hydrogens (tertiary/aromatic N) is 3. The van der Waals surface area contributed by atoms with Gasteiger partial charge in [-0.15, -0.1) is 11.3 Å². The number of H-pyrrole nitrogens is 1. The standard InChI is InChI=1S/C19H13Cl2F3N4OS/c1-25-15-14(11-3-2-10(20)8-12(11)21)16(17-26-9-13(27-17)19(22,23)24)30-18(15)28-4-6-29-7-5-28/h2-3,8-9H,4-7H2,(H,26,27). The lowest BCUT2D eigenvalue weighted by molar-refractivity contribution is -0.140. The van der Waals surface area contributed by atoms with Crippen LogP contribution in [0.15, 0.2) is 24.4 Å². The molecule has 1 aliphatic heterocycles. The number of ether oxygens (including phenoxy) is 1. The Kier molecular flexibility index (Phi) is 5.68. The average molecular weight is 473 g/mol. The van der Waals surface area contributed by atoms with Crippen LogP contribution >= 0.6 is 34.5 Å². The van der Waals surface area contributed by atoms with Gasteiger partial charge in [0.05, 0.1) is 29.7 Å². The van der Waals surface area contributed by atoms with E-state index in [1.807, 2.05) is 4.90 Å². The van der Waals surface area contributed by atoms with Crippen LogP contribution in [0.5, 0.6) is 0 Å². The number of hydrogen-bond donors (Lipinski definition) is 1. The Morgan fingerprint density at radius 1 is 1.23 bits per heavy atom. The van der Waals surface area contributed by atoms with Crippen LogP contribution in [-0.2, 0) is 10.9 Å². The van der Waals surface area contributed by atoms with Gasteiger partial charge in [-0.1, -0.05) is 29.3 Å². The molecular formula is C19H13Cl2F3N4OS. The van der Waals surface area contributed by atoms with Crippen LogP contribution < -0.4 is 4.90 Å². The van der Waals surface area contributed by atoms with Crippen molar-refractivity contribution < 1.29 is 17.9 Å². The summed E-state index contributed by atoms with van der Waals surface area (Å²) in [5.74, 6) is 0.0257. The van der Waals surface area contributed by atoms with Crippen molar-refractivity contribution in [3.05, 3.63) is 51.6 Å². The highest BCUT2D eigenvalue weighted by atomic mass is 35.5. The monoisotopic (exact) mass is 472 g/mol. The molecule has 0 saturated carbocycles. The molecule has 0 radical (unpaired) electrons. The summed E-state index contributed by atoms with van der Waals surface area (Å²) in [6.45, 7) is 9.93. The molecule has 2 aromatic heterocycles. The number of hydrogen-bond acceptors (Lipinski definition) is 4. The molecule has 1 aromatic carbocycles. The molecule has 0 bridgehead atoms. The number of aromatic nitrogens is 2. The number of thiophene rings is 1. The fraction of sp³-hybridized carbons (Fsp3) is 0.263. The number of alkyl halides is 3. The first-order valence-corrected chi connectivity index (χ1v) is 10.3. The summed E-state index contributed by atoms with van der Waals surface area (Å²) in [7, 11) is 0. The molecule has 3 aromatic rings. The van der Waals surface area contributed by atoms with Gasteiger partial charge in [-0.25, -0.2) is 9.83 Å². The highest BCUT2D eigenvalue weighted by Crippen LogP contribution is 2.53. The Labute approximate surface area is 183 Å². The van der Waals surface area contributed by atoms with Crippen LogP contribution in [0.4, 0.5) is 23.9 Å². The summed E-state index contributed by atoms with van der Waals surface area (Å²) < 4.78 is 44.7. The first kappa shape index (κ1) is 21.0. The molecule has 1 aliphatic rings. The number of anilines is 1. The van der Waals surface area contributed by atoms with Gasteiger partial charge in [0, 0.05) is 34.9 Å². The van der Waals surface area contributed by atoms with Gasteiger partial charge in [-0.3, -0.25) is 0 Å². The minimum Gasteiger partial charge on any atom is -0.378 e. The summed E-state index contributed by atoms with van der Waals surface area (Å²) in [6.07, 6.45) is -3.77. The molecule has 1 N–H and O–H groups in total. The normalized spacial score (nSPS) is 14.7. The molecular weight excluding hydrogens is 460 g/mol. The van der Waals surface area contributed by atoms with Crippen LogP contribution in [-0.4, -0.2) is 36.3 Å². The van der Waals surface area contributed by atoms with Gasteiger partial charge < -0.3 is 14.6 Å². The van der Waals surface area contributed by atoms with E-state index >= 15 is 0 Å². The summed E-state index contributed by atoms with van der Waals surface area (Å²) in [4.78, 5) is 12.4. The molecule has 0 atom stereocenters. The van der Waals surface area contributed by atoms with Gasteiger partial charge >= 0.3 is 6.18 Å². The van der Waals surface area contributed by atoms with Crippen molar-refractivity contribution in [2.75, 3.05) is 31.2 Å². The molecule has 11 heteroatoms. The summed E-state index contributed by atoms with van der Waals surface area (Å²) in [5, 5.41) is 1.35. The zero-order valence-corrected chi connectivity index (χ0v) is 17.5. The van der Waals surface area contributed by atoms with Gasteiger partial charge in [-0.05, 0) is 17.7 Å². The molecule has 1 fully saturated rings. The van der Waals surface area contributed by atoms with Crippen molar-refractivity contribution in [3.63, 3.8) is 0 Å². The first-order chi connectivity index (χ1) is 14.3. The molecule has 0 spiro atoms. The summed E-state index contributed by atoms with van der Waals surface area (Å²) >= 11 is 13.6. The second-order valence-corrected chi connectivity index (χ2v) is 8.27. The van der Waals surface area contributed by atoms with Gasteiger partial charge in [0.2, 0.25) is 5.69 Å². The minimum atomic E-state index is -4.58. The van der Waals surface area contributed by atoms with Gasteiger partial charge in [0.25, 0.3) is 0 Å². The molecule has 30 heavy (non-hydrogen) atoms. The Balaban J connectivity index is 1.95. The first-order valence-electron chi connectivity index (χ1n) is 8.75. The van der Waals surface area contributed by atoms with E-state index in [0.717, 1.165) is 6.20 Å². The second kappa shape index (κ2) is 8.12. The van der Waals surface area contributed by atoms with Crippen LogP contribution in [0.1, 0.15) is 5.69 Å². The lowest BCUT2D eigenvalue weighted by Gasteiger charge is -2.28. The molecule has 0 amide bonds. The zero-order valence-electron chi connectivity index (χ0n) is 15.2. The lowest BCUT2D eigenvalue weighted by atomic mass is 10.0. The number of rotatable bonds is 3. The van der Waals surface area contributed by atoms with E-state index < -0.39 is 11.9 Å². The van der Waals surface area contributed by atoms with E-state index in [9.17, 15) is 13.2 Å². The van der Waals surface area contributed by atoms with Gasteiger partial charge in [0.15, 0.2) is 5.69 Å². The molecule has 4 rings (SSSR count). The largest absolute Gasteiger partial charge is 0.434 e. The third-order valence-corrected chi connectivity index (χ3v) is 6.35. The van der Waals surface area contributed by atoms with Crippen LogP contribution in [0.25, 0.3) is 26.7 Å². The molecule has 3 heterocycles. The Morgan fingerprint density at radius 2 is 1.97 bits per heavy atom. The highest BCUT2D eigenvalue weighted by molar-refractivity contribution is 7.20. The fourth-order valence-corrected chi connectivity index (χ4v) is 4.95. The van der Waals surface area contributed by atoms with E-state index in [-0.39, 0.29) is 5.82 Å². The van der Waals surface area contributed by atoms with Crippen LogP contribution in [0.3, 0.4) is 0 Å². The zero-order chi connectivity index (χ0) is 21.5. The van der Waals surface area contributed by atoms with Crippen molar-refractivity contribution in [1.29, 1.82) is 0 Å². The predicted molar refractivity (Wildman–Crippen MR) is 112 cm³/mol. The quantitative estimate of drug-likeness (QED) is 0.441. The minimum absolute atomic E-state index is 0.0257. The molecule has 1 saturated heterocycles. The predicted octanol–water partition coefficient (Wildman–Crippen LogP) is 6.52. The van der Waals surface area contributed by atoms with Gasteiger partial charge in [-0.2, -0.15) is 13.2 Å². The molecule has 5 nitrogen and oxygen atoms in total. The Hall–Kier alpha value is -2.25. The molecule has 0 unspecified atom stereocenters. The van der Waals surface area contributed by atoms with Crippen molar-refractivity contribution in [1.82, 2.24) is 9.97 Å². The average Bonchev–Trinajstić information content (AvgIpc) is 3.33. The number of morpholine rings is 1. The van der Waals surface area contributed by atoms with E-state index in [1.165, 1.54) is 17.4 Å². The van der Waals surface area contributed by atoms with Crippen LogP contribution in [0.2, 0.25) is 10.0 Å². The van der Waals surface area contributed by atoms with Crippen LogP contribution in [0, 0.1) is 6.57 Å². The summed E-state index contributed by atoms with van der Waals surface area (Å²) in [5.41, 5.74) is 0.214. The maximum Gasteiger partial charge on any atom is 0.434 e. The van der Waals surface area contributed by atoms with E-state index in [2.05, 4.69) is 14.8 Å². The Morgan fingerprint density at radius 3 is 2.57 bits per heavy atom. The number of aromatic amines is 1. The lowest BCUT2D eigenvalue weighted by Crippen LogP contribution is -2.35. The third kappa shape index (κ3) is 3.88. The molecule has 0 aliphatic carbocycles. The third-order valence-electron chi connectivity index (χ3n) is 4.56. The van der Waals surface area contributed by atoms with Gasteiger partial charge in [0.1, 0.15) is 5.82 Å². The SMILES string of the molecule is [C-]#[N+]c1c(N2CCOCC2)sc(-c2nc(C(F)(F)F)c[nH]2)c1-c1ccc(Cl)cc1Cl. The van der Waals surface area contributed by atoms with Crippen molar-refractivity contribution in [3.8, 4) is 21.8 Å². The number of benzene rings is 1. The number of imidazole rings is 1. The summed E-state index contributed by atoms with van der Waals surface area (Å²) in [6, 6.07) is 4.81. The molecule has 156 valence electrons. The van der Waals surface area contributed by atoms with Crippen molar-refractivity contribution >= 4 is 45.2 Å². The van der Waals surface area contributed by atoms with E-state index in [0.29, 0.717) is 63.0 Å². The maximum atomic E-state index is 13.1. The number of nitrogens with one attached hydrogen (secondary N) is 1. The highest BCUT2D eigenvalue weighted by Gasteiger charge is 2.35. The topological polar surface area (TPSA) is 45.5 Å². The maximum absolute atomic E-state index is 13.1. The fourth-order valence-electron chi connectivity index (χ4n) is 3.19. The smallest absolute Gasteiger partial charge is 0.378 e.